The maximum Gasteiger partial charge on any atom is 0.253 e. The van der Waals surface area contributed by atoms with E-state index < -0.39 is 5.60 Å². The zero-order valence-corrected chi connectivity index (χ0v) is 20.3. The Hall–Kier alpha value is -1.89. The molecule has 6 nitrogen and oxygen atoms in total. The van der Waals surface area contributed by atoms with E-state index in [-0.39, 0.29) is 12.5 Å². The van der Waals surface area contributed by atoms with Crippen LogP contribution in [0, 0.1) is 5.92 Å². The lowest BCUT2D eigenvalue weighted by molar-refractivity contribution is -0.0109. The maximum atomic E-state index is 13.1. The van der Waals surface area contributed by atoms with Crippen LogP contribution in [0.5, 0.6) is 0 Å². The van der Waals surface area contributed by atoms with Gasteiger partial charge in [-0.1, -0.05) is 31.4 Å². The van der Waals surface area contributed by atoms with Crippen molar-refractivity contribution in [3.05, 3.63) is 34.9 Å². The van der Waals surface area contributed by atoms with Crippen molar-refractivity contribution >= 4 is 34.2 Å². The number of benzene rings is 1. The fourth-order valence-corrected chi connectivity index (χ4v) is 6.30. The van der Waals surface area contributed by atoms with Crippen molar-refractivity contribution in [1.29, 1.82) is 0 Å². The number of carbonyl (C=O) groups is 1. The molecule has 1 aromatic carbocycles. The number of aliphatic hydroxyl groups is 1. The third-order valence-corrected chi connectivity index (χ3v) is 8.14. The standard InChI is InChI=1S/C26H35ClN4O2/c1-18-5-4-11-26(33,15-18)17-28-25(32)24-20-6-9-23(29-22(20)8-7-21(24)27)31-14-10-19(16-31)30-12-2-3-13-30/h6-9,18-19,33H,2-5,10-17H2,1H3,(H,28,32)/t18-,19?,26-/m0/s1. The number of nitrogens with zero attached hydrogens (tertiary/aromatic N) is 3. The molecule has 2 aromatic rings. The number of hydrogen-bond donors (Lipinski definition) is 2. The van der Waals surface area contributed by atoms with Crippen molar-refractivity contribution in [2.45, 2.75) is 63.5 Å². The molecule has 3 fully saturated rings. The summed E-state index contributed by atoms with van der Waals surface area (Å²) in [6, 6.07) is 8.24. The second kappa shape index (κ2) is 9.40. The van der Waals surface area contributed by atoms with Crippen LogP contribution in [0.3, 0.4) is 0 Å². The van der Waals surface area contributed by atoms with Crippen molar-refractivity contribution in [3.8, 4) is 0 Å². The Balaban J connectivity index is 1.32. The van der Waals surface area contributed by atoms with Crippen molar-refractivity contribution in [1.82, 2.24) is 15.2 Å². The number of hydrogen-bond acceptors (Lipinski definition) is 5. The van der Waals surface area contributed by atoms with Crippen LogP contribution in [0.1, 0.15) is 62.2 Å². The monoisotopic (exact) mass is 470 g/mol. The quantitative estimate of drug-likeness (QED) is 0.684. The van der Waals surface area contributed by atoms with E-state index in [1.807, 2.05) is 18.2 Å². The average Bonchev–Trinajstić information content (AvgIpc) is 3.49. The van der Waals surface area contributed by atoms with Gasteiger partial charge in [0.2, 0.25) is 0 Å². The Kier molecular flexibility index (Phi) is 6.51. The predicted molar refractivity (Wildman–Crippen MR) is 133 cm³/mol. The predicted octanol–water partition coefficient (Wildman–Crippen LogP) is 4.23. The third-order valence-electron chi connectivity index (χ3n) is 7.82. The van der Waals surface area contributed by atoms with Crippen molar-refractivity contribution in [3.63, 3.8) is 0 Å². The highest BCUT2D eigenvalue weighted by atomic mass is 35.5. The van der Waals surface area contributed by atoms with Gasteiger partial charge in [0, 0.05) is 31.1 Å². The van der Waals surface area contributed by atoms with Crippen LogP contribution in [-0.2, 0) is 0 Å². The zero-order valence-electron chi connectivity index (χ0n) is 19.5. The summed E-state index contributed by atoms with van der Waals surface area (Å²) in [5.41, 5.74) is 0.381. The molecule has 1 amide bonds. The van der Waals surface area contributed by atoms with Gasteiger partial charge >= 0.3 is 0 Å². The Morgan fingerprint density at radius 2 is 2.00 bits per heavy atom. The van der Waals surface area contributed by atoms with Gasteiger partial charge in [0.1, 0.15) is 5.82 Å². The summed E-state index contributed by atoms with van der Waals surface area (Å²) in [4.78, 5) is 23.0. The molecule has 1 aromatic heterocycles. The first kappa shape index (κ1) is 22.9. The molecule has 33 heavy (non-hydrogen) atoms. The minimum absolute atomic E-state index is 0.248. The van der Waals surface area contributed by atoms with Gasteiger partial charge in [0.15, 0.2) is 0 Å². The van der Waals surface area contributed by atoms with Gasteiger partial charge in [-0.25, -0.2) is 4.98 Å². The first-order valence-corrected chi connectivity index (χ1v) is 12.9. The highest BCUT2D eigenvalue weighted by Gasteiger charge is 2.33. The zero-order chi connectivity index (χ0) is 23.0. The molecule has 5 rings (SSSR count). The topological polar surface area (TPSA) is 68.7 Å². The van der Waals surface area contributed by atoms with Gasteiger partial charge < -0.3 is 15.3 Å². The van der Waals surface area contributed by atoms with E-state index in [4.69, 9.17) is 16.6 Å². The van der Waals surface area contributed by atoms with E-state index in [9.17, 15) is 9.90 Å². The SMILES string of the molecule is C[C@H]1CCC[C@@](O)(CNC(=O)c2c(Cl)ccc3nc(N4CCC(N5CCCC5)C4)ccc23)C1. The first-order valence-electron chi connectivity index (χ1n) is 12.5. The van der Waals surface area contributed by atoms with Crippen LogP contribution in [0.25, 0.3) is 10.9 Å². The van der Waals surface area contributed by atoms with E-state index in [1.165, 1.54) is 32.4 Å². The molecule has 3 aliphatic rings. The molecule has 178 valence electrons. The molecule has 3 heterocycles. The molecule has 1 aliphatic carbocycles. The maximum absolute atomic E-state index is 13.1. The van der Waals surface area contributed by atoms with Crippen LogP contribution in [0.4, 0.5) is 5.82 Å². The Labute approximate surface area is 201 Å². The van der Waals surface area contributed by atoms with Gasteiger partial charge in [-0.05, 0) is 75.4 Å². The molecule has 0 spiro atoms. The number of pyridine rings is 1. The lowest BCUT2D eigenvalue weighted by Crippen LogP contribution is -2.45. The highest BCUT2D eigenvalue weighted by Crippen LogP contribution is 2.33. The van der Waals surface area contributed by atoms with Crippen molar-refractivity contribution in [2.24, 2.45) is 5.92 Å². The molecule has 0 radical (unpaired) electrons. The molecule has 2 N–H and O–H groups in total. The third kappa shape index (κ3) is 4.84. The van der Waals surface area contributed by atoms with Gasteiger partial charge in [-0.3, -0.25) is 9.69 Å². The first-order chi connectivity index (χ1) is 15.9. The molecule has 7 heteroatoms. The molecule has 1 unspecified atom stereocenters. The van der Waals surface area contributed by atoms with Gasteiger partial charge in [0.25, 0.3) is 5.91 Å². The summed E-state index contributed by atoms with van der Waals surface area (Å²) in [5.74, 6) is 1.19. The Bertz CT molecular complexity index is 1020. The number of fused-ring (bicyclic) bond motifs is 1. The molecule has 2 saturated heterocycles. The van der Waals surface area contributed by atoms with E-state index in [0.717, 1.165) is 55.5 Å². The van der Waals surface area contributed by atoms with E-state index in [2.05, 4.69) is 22.0 Å². The highest BCUT2D eigenvalue weighted by molar-refractivity contribution is 6.35. The summed E-state index contributed by atoms with van der Waals surface area (Å²) in [5, 5.41) is 15.0. The van der Waals surface area contributed by atoms with E-state index in [0.29, 0.717) is 22.5 Å². The lowest BCUT2D eigenvalue weighted by atomic mass is 9.79. The number of amides is 1. The van der Waals surface area contributed by atoms with Gasteiger partial charge in [-0.2, -0.15) is 0 Å². The normalized spacial score (nSPS) is 28.5. The average molecular weight is 471 g/mol. The number of halogens is 1. The van der Waals surface area contributed by atoms with Crippen LogP contribution in [0.2, 0.25) is 5.02 Å². The number of nitrogens with one attached hydrogen (secondary N) is 1. The fourth-order valence-electron chi connectivity index (χ4n) is 6.05. The van der Waals surface area contributed by atoms with Crippen molar-refractivity contribution in [2.75, 3.05) is 37.6 Å². The molecule has 3 atom stereocenters. The van der Waals surface area contributed by atoms with Gasteiger partial charge in [-0.15, -0.1) is 0 Å². The number of carbonyl (C=O) groups excluding carboxylic acids is 1. The minimum atomic E-state index is -0.836. The number of aromatic nitrogens is 1. The number of rotatable bonds is 5. The van der Waals surface area contributed by atoms with E-state index >= 15 is 0 Å². The largest absolute Gasteiger partial charge is 0.388 e. The summed E-state index contributed by atoms with van der Waals surface area (Å²) in [7, 11) is 0. The fraction of sp³-hybridized carbons (Fsp3) is 0.615. The summed E-state index contributed by atoms with van der Waals surface area (Å²) >= 11 is 6.47. The Morgan fingerprint density at radius 3 is 2.79 bits per heavy atom. The molecule has 0 bridgehead atoms. The van der Waals surface area contributed by atoms with Crippen LogP contribution < -0.4 is 10.2 Å². The summed E-state index contributed by atoms with van der Waals surface area (Å²) in [6.07, 6.45) is 7.37. The van der Waals surface area contributed by atoms with E-state index in [1.54, 1.807) is 6.07 Å². The number of likely N-dealkylation sites (tertiary alicyclic amines) is 1. The van der Waals surface area contributed by atoms with Crippen LogP contribution in [-0.4, -0.2) is 65.3 Å². The lowest BCUT2D eigenvalue weighted by Gasteiger charge is -2.35. The molecule has 1 saturated carbocycles. The summed E-state index contributed by atoms with van der Waals surface area (Å²) < 4.78 is 0. The summed E-state index contributed by atoms with van der Waals surface area (Å²) in [6.45, 7) is 6.86. The molecular weight excluding hydrogens is 436 g/mol. The second-order valence-electron chi connectivity index (χ2n) is 10.4. The van der Waals surface area contributed by atoms with Crippen LogP contribution >= 0.6 is 11.6 Å². The smallest absolute Gasteiger partial charge is 0.253 e. The van der Waals surface area contributed by atoms with Gasteiger partial charge in [0.05, 0.1) is 21.7 Å². The van der Waals surface area contributed by atoms with Crippen LogP contribution in [0.15, 0.2) is 24.3 Å². The Morgan fingerprint density at radius 1 is 1.18 bits per heavy atom. The van der Waals surface area contributed by atoms with Crippen molar-refractivity contribution < 1.29 is 9.90 Å². The number of anilines is 1. The second-order valence-corrected chi connectivity index (χ2v) is 10.8. The molecule has 2 aliphatic heterocycles. The minimum Gasteiger partial charge on any atom is -0.388 e. The molecular formula is C26H35ClN4O2.